The van der Waals surface area contributed by atoms with Crippen LogP contribution in [0.5, 0.6) is 0 Å². The smallest absolute Gasteiger partial charge is 0.426 e. The highest BCUT2D eigenvalue weighted by atomic mass is 32.2. The van der Waals surface area contributed by atoms with Gasteiger partial charge in [-0.3, -0.25) is 0 Å². The molecule has 0 unspecified atom stereocenters. The summed E-state index contributed by atoms with van der Waals surface area (Å²) in [7, 11) is -3.82. The number of sulfonamides is 1. The van der Waals surface area contributed by atoms with Crippen LogP contribution in [0.3, 0.4) is 0 Å². The summed E-state index contributed by atoms with van der Waals surface area (Å²) >= 11 is 0. The number of rotatable bonds is 7. The number of nitrogens with one attached hydrogen (secondary N) is 1. The van der Waals surface area contributed by atoms with E-state index in [4.69, 9.17) is 4.74 Å². The van der Waals surface area contributed by atoms with Crippen molar-refractivity contribution >= 4 is 22.1 Å². The molecule has 210 valence electrons. The number of alkyl halides is 6. The van der Waals surface area contributed by atoms with Crippen molar-refractivity contribution in [3.8, 4) is 0 Å². The number of ether oxygens (including phenoxy) is 2. The fourth-order valence-corrected chi connectivity index (χ4v) is 5.13. The van der Waals surface area contributed by atoms with E-state index in [9.17, 15) is 39.6 Å². The molecule has 2 fully saturated rings. The largest absolute Gasteiger partial charge is 0.434 e. The molecule has 0 saturated carbocycles. The van der Waals surface area contributed by atoms with Crippen LogP contribution in [0.1, 0.15) is 25.7 Å². The second-order valence-corrected chi connectivity index (χ2v) is 10.6. The summed E-state index contributed by atoms with van der Waals surface area (Å²) in [5, 5.41) is 0. The molecule has 0 aromatic carbocycles. The zero-order valence-corrected chi connectivity index (χ0v) is 20.5. The van der Waals surface area contributed by atoms with Crippen molar-refractivity contribution in [3.05, 3.63) is 18.5 Å². The average Bonchev–Trinajstić information content (AvgIpc) is 2.80. The molecule has 0 radical (unpaired) electrons. The van der Waals surface area contributed by atoms with Crippen LogP contribution < -0.4 is 9.62 Å². The molecule has 10 nitrogen and oxygen atoms in total. The first kappa shape index (κ1) is 29.2. The minimum Gasteiger partial charge on any atom is -0.426 e. The molecule has 0 aliphatic carbocycles. The number of halogens is 6. The molecule has 17 heteroatoms. The Morgan fingerprint density at radius 2 is 1.68 bits per heavy atom. The van der Waals surface area contributed by atoms with Crippen LogP contribution in [0.25, 0.3) is 0 Å². The Hall–Kier alpha value is -2.40. The number of carbonyl (C=O) groups is 1. The Kier molecular flexibility index (Phi) is 9.10. The fourth-order valence-electron chi connectivity index (χ4n) is 4.30. The molecule has 3 rings (SSSR count). The van der Waals surface area contributed by atoms with E-state index >= 15 is 0 Å². The first-order valence-corrected chi connectivity index (χ1v) is 13.3. The SMILES string of the molecule is CS(=O)(=O)N[C@H]1CCCN(C(=O)OC(C(F)(F)F)C(F)(F)F)[C@H]1COC1CCN(c2ncccn2)CC1. The van der Waals surface area contributed by atoms with E-state index in [0.29, 0.717) is 36.8 Å². The third kappa shape index (κ3) is 8.29. The Morgan fingerprint density at radius 1 is 1.08 bits per heavy atom. The lowest BCUT2D eigenvalue weighted by molar-refractivity contribution is -0.308. The maximum absolute atomic E-state index is 12.9. The molecular formula is C20H27F6N5O5S. The number of nitrogens with zero attached hydrogens (tertiary/aromatic N) is 4. The summed E-state index contributed by atoms with van der Waals surface area (Å²) in [5.41, 5.74) is 0. The van der Waals surface area contributed by atoms with Gasteiger partial charge in [0.05, 0.1) is 25.0 Å². The van der Waals surface area contributed by atoms with Gasteiger partial charge in [-0.15, -0.1) is 0 Å². The Bertz CT molecular complexity index is 991. The number of carbonyl (C=O) groups excluding carboxylic acids is 1. The van der Waals surface area contributed by atoms with Crippen LogP contribution in [0.2, 0.25) is 0 Å². The standard InChI is InChI=1S/C20H27F6N5O5S/c1-37(33,34)29-14-4-2-9-31(18(32)36-16(19(21,22)23)20(24,25)26)15(14)12-35-13-5-10-30(11-6-13)17-27-7-3-8-28-17/h3,7-8,13-16,29H,2,4-6,9-12H2,1H3/t14-,15-/m0/s1. The lowest BCUT2D eigenvalue weighted by Crippen LogP contribution is -2.60. The molecule has 3 heterocycles. The van der Waals surface area contributed by atoms with E-state index < -0.39 is 46.7 Å². The summed E-state index contributed by atoms with van der Waals surface area (Å²) in [5.74, 6) is 0.531. The lowest BCUT2D eigenvalue weighted by Gasteiger charge is -2.42. The van der Waals surface area contributed by atoms with Crippen LogP contribution in [0, 0.1) is 0 Å². The number of anilines is 1. The number of hydrogen-bond donors (Lipinski definition) is 1. The molecule has 2 aliphatic rings. The van der Waals surface area contributed by atoms with Gasteiger partial charge in [0.15, 0.2) is 0 Å². The minimum atomic E-state index is -5.88. The van der Waals surface area contributed by atoms with Gasteiger partial charge in [0.1, 0.15) is 0 Å². The van der Waals surface area contributed by atoms with Crippen molar-refractivity contribution in [1.82, 2.24) is 19.6 Å². The molecule has 1 N–H and O–H groups in total. The molecule has 1 amide bonds. The average molecular weight is 564 g/mol. The number of likely N-dealkylation sites (tertiary alicyclic amines) is 1. The highest BCUT2D eigenvalue weighted by molar-refractivity contribution is 7.88. The first-order valence-electron chi connectivity index (χ1n) is 11.4. The second kappa shape index (κ2) is 11.6. The van der Waals surface area contributed by atoms with E-state index in [-0.39, 0.29) is 32.1 Å². The van der Waals surface area contributed by atoms with Crippen molar-refractivity contribution in [2.24, 2.45) is 0 Å². The van der Waals surface area contributed by atoms with Gasteiger partial charge in [0, 0.05) is 38.1 Å². The van der Waals surface area contributed by atoms with Crippen LogP contribution >= 0.6 is 0 Å². The molecule has 37 heavy (non-hydrogen) atoms. The number of hydrogen-bond acceptors (Lipinski definition) is 8. The molecule has 2 saturated heterocycles. The molecule has 1 aromatic heterocycles. The zero-order chi connectivity index (χ0) is 27.4. The molecule has 0 bridgehead atoms. The van der Waals surface area contributed by atoms with Crippen LogP contribution in [0.4, 0.5) is 37.1 Å². The van der Waals surface area contributed by atoms with Gasteiger partial charge in [-0.05, 0) is 31.7 Å². The summed E-state index contributed by atoms with van der Waals surface area (Å²) in [6, 6.07) is -0.509. The van der Waals surface area contributed by atoms with E-state index in [1.165, 1.54) is 0 Å². The van der Waals surface area contributed by atoms with Gasteiger partial charge in [-0.25, -0.2) is 27.9 Å². The van der Waals surface area contributed by atoms with Crippen molar-refractivity contribution in [3.63, 3.8) is 0 Å². The maximum atomic E-state index is 12.9. The third-order valence-corrected chi connectivity index (χ3v) is 6.70. The van der Waals surface area contributed by atoms with Crippen molar-refractivity contribution < 1.29 is 49.0 Å². The van der Waals surface area contributed by atoms with E-state index in [1.54, 1.807) is 18.5 Å². The van der Waals surface area contributed by atoms with Gasteiger partial charge < -0.3 is 19.3 Å². The zero-order valence-electron chi connectivity index (χ0n) is 19.7. The summed E-state index contributed by atoms with van der Waals surface area (Å²) in [6.07, 6.45) is -12.9. The summed E-state index contributed by atoms with van der Waals surface area (Å²) < 4.78 is 113. The normalized spacial score (nSPS) is 22.4. The number of aromatic nitrogens is 2. The van der Waals surface area contributed by atoms with Crippen LogP contribution in [0.15, 0.2) is 18.5 Å². The highest BCUT2D eigenvalue weighted by Gasteiger charge is 2.60. The van der Waals surface area contributed by atoms with Gasteiger partial charge in [0.2, 0.25) is 16.0 Å². The topological polar surface area (TPSA) is 114 Å². The summed E-state index contributed by atoms with van der Waals surface area (Å²) in [4.78, 5) is 23.5. The highest BCUT2D eigenvalue weighted by Crippen LogP contribution is 2.36. The fraction of sp³-hybridized carbons (Fsp3) is 0.750. The van der Waals surface area contributed by atoms with Gasteiger partial charge in [-0.2, -0.15) is 26.3 Å². The molecular weight excluding hydrogens is 536 g/mol. The minimum absolute atomic E-state index is 0.122. The quantitative estimate of drug-likeness (QED) is 0.504. The lowest BCUT2D eigenvalue weighted by atomic mass is 9.97. The predicted octanol–water partition coefficient (Wildman–Crippen LogP) is 2.47. The molecule has 2 atom stereocenters. The van der Waals surface area contributed by atoms with E-state index in [0.717, 1.165) is 6.26 Å². The molecule has 0 spiro atoms. The van der Waals surface area contributed by atoms with Crippen molar-refractivity contribution in [1.29, 1.82) is 0 Å². The molecule has 1 aromatic rings. The molecule has 2 aliphatic heterocycles. The maximum Gasteiger partial charge on any atom is 0.434 e. The predicted molar refractivity (Wildman–Crippen MR) is 117 cm³/mol. The Balaban J connectivity index is 1.70. The third-order valence-electron chi connectivity index (χ3n) is 5.97. The van der Waals surface area contributed by atoms with Crippen molar-refractivity contribution in [2.75, 3.05) is 37.4 Å². The van der Waals surface area contributed by atoms with Gasteiger partial charge >= 0.3 is 18.4 Å². The number of amides is 1. The van der Waals surface area contributed by atoms with Crippen LogP contribution in [-0.2, 0) is 19.5 Å². The second-order valence-electron chi connectivity index (χ2n) is 8.82. The first-order chi connectivity index (χ1) is 17.1. The van der Waals surface area contributed by atoms with Gasteiger partial charge in [-0.1, -0.05) is 0 Å². The number of piperidine rings is 2. The van der Waals surface area contributed by atoms with Gasteiger partial charge in [0.25, 0.3) is 6.10 Å². The monoisotopic (exact) mass is 563 g/mol. The van der Waals surface area contributed by atoms with E-state index in [2.05, 4.69) is 19.4 Å². The Labute approximate surface area is 209 Å². The van der Waals surface area contributed by atoms with E-state index in [1.807, 2.05) is 4.90 Å². The van der Waals surface area contributed by atoms with Crippen molar-refractivity contribution in [2.45, 2.75) is 62.3 Å². The Morgan fingerprint density at radius 3 is 2.22 bits per heavy atom. The summed E-state index contributed by atoms with van der Waals surface area (Å²) in [6.45, 7) is 0.489. The van der Waals surface area contributed by atoms with Crippen LogP contribution in [-0.4, -0.2) is 98.5 Å².